The van der Waals surface area contributed by atoms with Gasteiger partial charge in [-0.2, -0.15) is 0 Å². The molecular weight excluding hydrogens is 427 g/mol. The molecule has 0 aromatic heterocycles. The van der Waals surface area contributed by atoms with Crippen molar-refractivity contribution in [3.05, 3.63) is 84.2 Å². The molecule has 3 aromatic rings. The van der Waals surface area contributed by atoms with Crippen LogP contribution in [0.3, 0.4) is 0 Å². The van der Waals surface area contributed by atoms with Crippen molar-refractivity contribution in [1.82, 2.24) is 0 Å². The van der Waals surface area contributed by atoms with Crippen LogP contribution in [0.1, 0.15) is 30.6 Å². The van der Waals surface area contributed by atoms with E-state index in [0.717, 1.165) is 10.6 Å². The second kappa shape index (κ2) is 11.3. The summed E-state index contributed by atoms with van der Waals surface area (Å²) in [6.07, 6.45) is 0.639. The SMILES string of the molecule is CCOc1ccc(NC(=O)C(CC)Sc2cccc(NC(=O)c3ccc(F)cc3)c2)cc1. The number of carbonyl (C=O) groups is 2. The molecule has 1 atom stereocenters. The molecule has 0 saturated carbocycles. The average Bonchev–Trinajstić information content (AvgIpc) is 2.79. The first-order valence-electron chi connectivity index (χ1n) is 10.4. The van der Waals surface area contributed by atoms with Gasteiger partial charge in [0.15, 0.2) is 0 Å². The van der Waals surface area contributed by atoms with Crippen LogP contribution >= 0.6 is 11.8 Å². The first-order chi connectivity index (χ1) is 15.5. The molecular formula is C25H25FN2O3S. The number of benzene rings is 3. The van der Waals surface area contributed by atoms with Gasteiger partial charge in [0, 0.05) is 21.8 Å². The van der Waals surface area contributed by atoms with E-state index in [0.29, 0.717) is 30.0 Å². The van der Waals surface area contributed by atoms with Gasteiger partial charge in [0.2, 0.25) is 5.91 Å². The lowest BCUT2D eigenvalue weighted by atomic mass is 10.2. The summed E-state index contributed by atoms with van der Waals surface area (Å²) in [5.41, 5.74) is 1.68. The summed E-state index contributed by atoms with van der Waals surface area (Å²) in [7, 11) is 0. The van der Waals surface area contributed by atoms with Crippen LogP contribution in [0.5, 0.6) is 5.75 Å². The fourth-order valence-electron chi connectivity index (χ4n) is 2.96. The number of thioether (sulfide) groups is 1. The highest BCUT2D eigenvalue weighted by Gasteiger charge is 2.18. The van der Waals surface area contributed by atoms with Crippen molar-refractivity contribution >= 4 is 35.0 Å². The van der Waals surface area contributed by atoms with Crippen molar-refractivity contribution in [1.29, 1.82) is 0 Å². The molecule has 7 heteroatoms. The summed E-state index contributed by atoms with van der Waals surface area (Å²) < 4.78 is 18.5. The molecule has 3 rings (SSSR count). The summed E-state index contributed by atoms with van der Waals surface area (Å²) in [5.74, 6) is -0.0599. The van der Waals surface area contributed by atoms with Crippen LogP contribution < -0.4 is 15.4 Å². The highest BCUT2D eigenvalue weighted by molar-refractivity contribution is 8.00. The van der Waals surface area contributed by atoms with Crippen molar-refractivity contribution in [2.24, 2.45) is 0 Å². The van der Waals surface area contributed by atoms with E-state index in [2.05, 4.69) is 10.6 Å². The van der Waals surface area contributed by atoms with Crippen LogP contribution in [0.15, 0.2) is 77.7 Å². The lowest BCUT2D eigenvalue weighted by Gasteiger charge is -2.16. The zero-order chi connectivity index (χ0) is 22.9. The van der Waals surface area contributed by atoms with Crippen molar-refractivity contribution in [2.45, 2.75) is 30.4 Å². The van der Waals surface area contributed by atoms with E-state index in [4.69, 9.17) is 4.74 Å². The third-order valence-electron chi connectivity index (χ3n) is 4.57. The van der Waals surface area contributed by atoms with E-state index < -0.39 is 5.82 Å². The Bertz CT molecular complexity index is 1060. The third-order valence-corrected chi connectivity index (χ3v) is 5.93. The maximum absolute atomic E-state index is 13.1. The van der Waals surface area contributed by atoms with Crippen LogP contribution in [0.4, 0.5) is 15.8 Å². The quantitative estimate of drug-likeness (QED) is 0.392. The van der Waals surface area contributed by atoms with Crippen LogP contribution in [-0.2, 0) is 4.79 Å². The molecule has 0 bridgehead atoms. The lowest BCUT2D eigenvalue weighted by Crippen LogP contribution is -2.24. The largest absolute Gasteiger partial charge is 0.494 e. The van der Waals surface area contributed by atoms with Crippen molar-refractivity contribution < 1.29 is 18.7 Å². The van der Waals surface area contributed by atoms with Gasteiger partial charge in [0.25, 0.3) is 5.91 Å². The molecule has 0 radical (unpaired) electrons. The average molecular weight is 453 g/mol. The van der Waals surface area contributed by atoms with E-state index in [9.17, 15) is 14.0 Å². The van der Waals surface area contributed by atoms with E-state index in [-0.39, 0.29) is 17.1 Å². The summed E-state index contributed by atoms with van der Waals surface area (Å²) in [6.45, 7) is 4.46. The normalized spacial score (nSPS) is 11.5. The van der Waals surface area contributed by atoms with Crippen LogP contribution in [0.2, 0.25) is 0 Å². The molecule has 5 nitrogen and oxygen atoms in total. The Morgan fingerprint density at radius 1 is 0.938 bits per heavy atom. The van der Waals surface area contributed by atoms with Gasteiger partial charge in [-0.05, 0) is 80.1 Å². The number of anilines is 2. The van der Waals surface area contributed by atoms with Gasteiger partial charge in [0.1, 0.15) is 11.6 Å². The van der Waals surface area contributed by atoms with Gasteiger partial charge in [-0.3, -0.25) is 9.59 Å². The minimum Gasteiger partial charge on any atom is -0.494 e. The van der Waals surface area contributed by atoms with Crippen molar-refractivity contribution in [3.63, 3.8) is 0 Å². The molecule has 0 fully saturated rings. The maximum atomic E-state index is 13.1. The van der Waals surface area contributed by atoms with Gasteiger partial charge in [-0.15, -0.1) is 11.8 Å². The minimum absolute atomic E-state index is 0.0950. The topological polar surface area (TPSA) is 67.4 Å². The second-order valence-corrected chi connectivity index (χ2v) is 8.23. The van der Waals surface area contributed by atoms with Gasteiger partial charge < -0.3 is 15.4 Å². The number of hydrogen-bond donors (Lipinski definition) is 2. The van der Waals surface area contributed by atoms with Crippen LogP contribution in [0, 0.1) is 5.82 Å². The lowest BCUT2D eigenvalue weighted by molar-refractivity contribution is -0.115. The van der Waals surface area contributed by atoms with E-state index in [1.54, 1.807) is 6.07 Å². The fourth-order valence-corrected chi connectivity index (χ4v) is 3.98. The third kappa shape index (κ3) is 6.59. The number of ether oxygens (including phenoxy) is 1. The highest BCUT2D eigenvalue weighted by Crippen LogP contribution is 2.29. The predicted octanol–water partition coefficient (Wildman–Crippen LogP) is 5.99. The molecule has 1 unspecified atom stereocenters. The summed E-state index contributed by atoms with van der Waals surface area (Å²) in [6, 6.07) is 19.9. The maximum Gasteiger partial charge on any atom is 0.255 e. The Kier molecular flexibility index (Phi) is 8.27. The second-order valence-electron chi connectivity index (χ2n) is 6.95. The monoisotopic (exact) mass is 452 g/mol. The summed E-state index contributed by atoms with van der Waals surface area (Å²) in [4.78, 5) is 26.0. The minimum atomic E-state index is -0.394. The highest BCUT2D eigenvalue weighted by atomic mass is 32.2. The van der Waals surface area contributed by atoms with E-state index in [1.165, 1.54) is 36.0 Å². The first kappa shape index (κ1) is 23.3. The Morgan fingerprint density at radius 3 is 2.31 bits per heavy atom. The Balaban J connectivity index is 1.62. The molecule has 3 aromatic carbocycles. The number of carbonyl (C=O) groups excluding carboxylic acids is 2. The molecule has 2 N–H and O–H groups in total. The van der Waals surface area contributed by atoms with E-state index in [1.807, 2.05) is 56.3 Å². The molecule has 166 valence electrons. The van der Waals surface area contributed by atoms with Gasteiger partial charge >= 0.3 is 0 Å². The zero-order valence-corrected chi connectivity index (χ0v) is 18.7. The van der Waals surface area contributed by atoms with Gasteiger partial charge in [-0.25, -0.2) is 4.39 Å². The summed E-state index contributed by atoms with van der Waals surface area (Å²) >= 11 is 1.43. The summed E-state index contributed by atoms with van der Waals surface area (Å²) in [5, 5.41) is 5.45. The Labute approximate surface area is 191 Å². The molecule has 0 aliphatic carbocycles. The van der Waals surface area contributed by atoms with E-state index >= 15 is 0 Å². The number of nitrogens with one attached hydrogen (secondary N) is 2. The molecule has 0 saturated heterocycles. The zero-order valence-electron chi connectivity index (χ0n) is 17.9. The van der Waals surface area contributed by atoms with Crippen molar-refractivity contribution in [2.75, 3.05) is 17.2 Å². The van der Waals surface area contributed by atoms with Crippen molar-refractivity contribution in [3.8, 4) is 5.75 Å². The fraction of sp³-hybridized carbons (Fsp3) is 0.200. The molecule has 0 heterocycles. The molecule has 0 spiro atoms. The Hall–Kier alpha value is -3.32. The van der Waals surface area contributed by atoms with Gasteiger partial charge in [-0.1, -0.05) is 13.0 Å². The predicted molar refractivity (Wildman–Crippen MR) is 127 cm³/mol. The number of amides is 2. The first-order valence-corrected chi connectivity index (χ1v) is 11.2. The molecule has 0 aliphatic rings. The Morgan fingerprint density at radius 2 is 1.66 bits per heavy atom. The van der Waals surface area contributed by atoms with Crippen LogP contribution in [-0.4, -0.2) is 23.7 Å². The van der Waals surface area contributed by atoms with Gasteiger partial charge in [0.05, 0.1) is 11.9 Å². The number of halogens is 1. The standard InChI is InChI=1S/C25H25FN2O3S/c1-3-23(25(30)27-19-12-14-21(15-13-19)31-4-2)32-22-7-5-6-20(16-22)28-24(29)17-8-10-18(26)11-9-17/h5-16,23H,3-4H2,1-2H3,(H,27,30)(H,28,29). The molecule has 32 heavy (non-hydrogen) atoms. The molecule has 2 amide bonds. The smallest absolute Gasteiger partial charge is 0.255 e. The number of rotatable bonds is 9. The molecule has 0 aliphatic heterocycles. The van der Waals surface area contributed by atoms with Crippen LogP contribution in [0.25, 0.3) is 0 Å². The number of hydrogen-bond acceptors (Lipinski definition) is 4.